The van der Waals surface area contributed by atoms with Gasteiger partial charge < -0.3 is 5.32 Å². The second-order valence-electron chi connectivity index (χ2n) is 5.15. The van der Waals surface area contributed by atoms with Crippen LogP contribution in [-0.4, -0.2) is 39.4 Å². The fraction of sp³-hybridized carbons (Fsp3) is 0.0625. The van der Waals surface area contributed by atoms with Crippen molar-refractivity contribution in [1.82, 2.24) is 9.88 Å². The Kier molecular flexibility index (Phi) is 5.89. The summed E-state index contributed by atoms with van der Waals surface area (Å²) in [6.07, 6.45) is 2.54. The van der Waals surface area contributed by atoms with Crippen LogP contribution in [-0.2, 0) is 14.4 Å². The van der Waals surface area contributed by atoms with E-state index < -0.39 is 29.5 Å². The highest BCUT2D eigenvalue weighted by molar-refractivity contribution is 8.18. The molecule has 138 valence electrons. The first-order valence-electron chi connectivity index (χ1n) is 7.43. The van der Waals surface area contributed by atoms with Gasteiger partial charge >= 0.3 is 0 Å². The van der Waals surface area contributed by atoms with Gasteiger partial charge in [-0.05, 0) is 36.0 Å². The molecule has 0 atom stereocenters. The van der Waals surface area contributed by atoms with Gasteiger partial charge in [0.05, 0.1) is 4.91 Å². The Balaban J connectivity index is 1.61. The molecule has 27 heavy (non-hydrogen) atoms. The van der Waals surface area contributed by atoms with Crippen LogP contribution in [0.2, 0.25) is 5.02 Å². The van der Waals surface area contributed by atoms with E-state index in [9.17, 15) is 19.2 Å². The van der Waals surface area contributed by atoms with E-state index in [0.29, 0.717) is 27.6 Å². The molecule has 1 aliphatic heterocycles. The third-order valence-electron chi connectivity index (χ3n) is 3.23. The molecular weight excluding hydrogens is 412 g/mol. The van der Waals surface area contributed by atoms with Crippen molar-refractivity contribution in [3.8, 4) is 0 Å². The fourth-order valence-electron chi connectivity index (χ4n) is 2.06. The fourth-order valence-corrected chi connectivity index (χ4v) is 3.53. The quantitative estimate of drug-likeness (QED) is 0.717. The smallest absolute Gasteiger partial charge is 0.294 e. The Bertz CT molecular complexity index is 928. The van der Waals surface area contributed by atoms with E-state index >= 15 is 0 Å². The molecule has 4 amide bonds. The molecule has 3 rings (SSSR count). The Morgan fingerprint density at radius 2 is 1.93 bits per heavy atom. The number of nitrogens with one attached hydrogen (secondary N) is 2. The number of hydrogen-bond donors (Lipinski definition) is 2. The average Bonchev–Trinajstić information content (AvgIpc) is 3.21. The zero-order chi connectivity index (χ0) is 19.4. The Hall–Kier alpha value is -2.69. The number of aromatic nitrogens is 1. The highest BCUT2D eigenvalue weighted by Gasteiger charge is 2.36. The zero-order valence-corrected chi connectivity index (χ0v) is 15.9. The largest absolute Gasteiger partial charge is 0.325 e. The van der Waals surface area contributed by atoms with Crippen LogP contribution in [0, 0.1) is 0 Å². The van der Waals surface area contributed by atoms with Gasteiger partial charge in [-0.2, -0.15) is 0 Å². The number of benzene rings is 1. The van der Waals surface area contributed by atoms with Crippen molar-refractivity contribution in [2.24, 2.45) is 0 Å². The van der Waals surface area contributed by atoms with Crippen molar-refractivity contribution in [2.75, 3.05) is 17.2 Å². The molecule has 0 bridgehead atoms. The number of carbonyl (C=O) groups excluding carboxylic acids is 4. The standard InChI is InChI=1S/C16H11ClN4O4S2/c17-9-1-3-10(4-2-9)19-13(23)8-21-14(24)11(27-16(21)25)7-12(22)20-15-18-5-6-26-15/h1-7H,8H2,(H,19,23)(H,18,20,22)/b11-7-. The number of carbonyl (C=O) groups is 4. The van der Waals surface area contributed by atoms with Gasteiger partial charge in [0.25, 0.3) is 17.1 Å². The lowest BCUT2D eigenvalue weighted by Crippen LogP contribution is -2.36. The van der Waals surface area contributed by atoms with Crippen LogP contribution in [0.15, 0.2) is 46.8 Å². The maximum atomic E-state index is 12.3. The van der Waals surface area contributed by atoms with E-state index in [0.717, 1.165) is 11.0 Å². The zero-order valence-electron chi connectivity index (χ0n) is 13.5. The average molecular weight is 423 g/mol. The molecule has 0 radical (unpaired) electrons. The molecule has 1 aromatic heterocycles. The molecule has 1 aliphatic rings. The SMILES string of the molecule is O=C(/C=C1\SC(=O)N(CC(=O)Nc2ccc(Cl)cc2)C1=O)Nc1nccs1. The number of anilines is 2. The van der Waals surface area contributed by atoms with E-state index in [1.54, 1.807) is 29.6 Å². The summed E-state index contributed by atoms with van der Waals surface area (Å²) in [5.74, 6) is -1.83. The second-order valence-corrected chi connectivity index (χ2v) is 7.47. The normalized spacial score (nSPS) is 15.3. The summed E-state index contributed by atoms with van der Waals surface area (Å²) in [7, 11) is 0. The summed E-state index contributed by atoms with van der Waals surface area (Å²) in [6.45, 7) is -0.460. The molecule has 1 fully saturated rings. The lowest BCUT2D eigenvalue weighted by molar-refractivity contribution is -0.127. The van der Waals surface area contributed by atoms with Gasteiger partial charge in [0, 0.05) is 28.4 Å². The van der Waals surface area contributed by atoms with Gasteiger partial charge in [0.1, 0.15) is 6.54 Å². The number of amides is 4. The monoisotopic (exact) mass is 422 g/mol. The summed E-state index contributed by atoms with van der Waals surface area (Å²) < 4.78 is 0. The highest BCUT2D eigenvalue weighted by Crippen LogP contribution is 2.30. The van der Waals surface area contributed by atoms with Crippen molar-refractivity contribution in [3.63, 3.8) is 0 Å². The number of rotatable bonds is 5. The molecule has 0 saturated carbocycles. The van der Waals surface area contributed by atoms with E-state index in [1.807, 2.05) is 0 Å². The molecule has 1 saturated heterocycles. The third kappa shape index (κ3) is 4.94. The van der Waals surface area contributed by atoms with Crippen LogP contribution in [0.25, 0.3) is 0 Å². The first kappa shape index (κ1) is 19.1. The number of imide groups is 1. The number of hydrogen-bond acceptors (Lipinski definition) is 7. The molecule has 11 heteroatoms. The van der Waals surface area contributed by atoms with Crippen molar-refractivity contribution in [3.05, 3.63) is 51.8 Å². The topological polar surface area (TPSA) is 108 Å². The molecular formula is C16H11ClN4O4S2. The molecule has 0 unspecified atom stereocenters. The minimum absolute atomic E-state index is 0.0617. The van der Waals surface area contributed by atoms with Crippen molar-refractivity contribution in [1.29, 1.82) is 0 Å². The van der Waals surface area contributed by atoms with Crippen LogP contribution in [0.4, 0.5) is 15.6 Å². The molecule has 1 aromatic carbocycles. The Morgan fingerprint density at radius 3 is 2.59 bits per heavy atom. The Morgan fingerprint density at radius 1 is 1.19 bits per heavy atom. The third-order valence-corrected chi connectivity index (χ3v) is 5.08. The van der Waals surface area contributed by atoms with Crippen LogP contribution in [0.3, 0.4) is 0 Å². The molecule has 8 nitrogen and oxygen atoms in total. The van der Waals surface area contributed by atoms with Crippen LogP contribution >= 0.6 is 34.7 Å². The maximum absolute atomic E-state index is 12.3. The van der Waals surface area contributed by atoms with Crippen molar-refractivity contribution >= 4 is 68.5 Å². The van der Waals surface area contributed by atoms with Gasteiger partial charge in [0.2, 0.25) is 5.91 Å². The summed E-state index contributed by atoms with van der Waals surface area (Å²) in [6, 6.07) is 6.38. The minimum atomic E-state index is -0.703. The first-order chi connectivity index (χ1) is 12.9. The van der Waals surface area contributed by atoms with Crippen molar-refractivity contribution in [2.45, 2.75) is 0 Å². The van der Waals surface area contributed by atoms with Crippen LogP contribution in [0.5, 0.6) is 0 Å². The summed E-state index contributed by atoms with van der Waals surface area (Å²) in [5.41, 5.74) is 0.481. The van der Waals surface area contributed by atoms with Crippen LogP contribution in [0.1, 0.15) is 0 Å². The first-order valence-corrected chi connectivity index (χ1v) is 9.51. The van der Waals surface area contributed by atoms with Gasteiger partial charge in [-0.25, -0.2) is 4.98 Å². The van der Waals surface area contributed by atoms with E-state index in [-0.39, 0.29) is 4.91 Å². The summed E-state index contributed by atoms with van der Waals surface area (Å²) in [4.78, 5) is 52.9. The second kappa shape index (κ2) is 8.33. The predicted octanol–water partition coefficient (Wildman–Crippen LogP) is 2.95. The van der Waals surface area contributed by atoms with Gasteiger partial charge in [-0.3, -0.25) is 29.4 Å². The number of thiazole rings is 1. The molecule has 2 heterocycles. The number of halogens is 1. The van der Waals surface area contributed by atoms with E-state index in [1.165, 1.54) is 17.5 Å². The number of thioether (sulfide) groups is 1. The van der Waals surface area contributed by atoms with E-state index in [2.05, 4.69) is 15.6 Å². The minimum Gasteiger partial charge on any atom is -0.325 e. The predicted molar refractivity (Wildman–Crippen MR) is 104 cm³/mol. The van der Waals surface area contributed by atoms with Crippen molar-refractivity contribution < 1.29 is 19.2 Å². The van der Waals surface area contributed by atoms with Gasteiger partial charge in [0.15, 0.2) is 5.13 Å². The molecule has 2 aromatic rings. The van der Waals surface area contributed by atoms with Gasteiger partial charge in [-0.15, -0.1) is 11.3 Å². The lowest BCUT2D eigenvalue weighted by atomic mass is 10.3. The van der Waals surface area contributed by atoms with Crippen LogP contribution < -0.4 is 10.6 Å². The summed E-state index contributed by atoms with van der Waals surface area (Å²) >= 11 is 7.59. The van der Waals surface area contributed by atoms with Gasteiger partial charge in [-0.1, -0.05) is 11.6 Å². The highest BCUT2D eigenvalue weighted by atomic mass is 35.5. The lowest BCUT2D eigenvalue weighted by Gasteiger charge is -2.12. The molecule has 0 aliphatic carbocycles. The summed E-state index contributed by atoms with van der Waals surface area (Å²) in [5, 5.41) is 6.99. The number of nitrogens with zero attached hydrogens (tertiary/aromatic N) is 2. The Labute approximate surface area is 166 Å². The van der Waals surface area contributed by atoms with E-state index in [4.69, 9.17) is 11.6 Å². The maximum Gasteiger partial charge on any atom is 0.294 e. The molecule has 2 N–H and O–H groups in total. The molecule has 0 spiro atoms.